The van der Waals surface area contributed by atoms with Crippen LogP contribution in [0.4, 0.5) is 5.69 Å². The van der Waals surface area contributed by atoms with E-state index in [4.69, 9.17) is 16.3 Å². The standard InChI is InChI=1S/C34H42ClN3O5S2/c1-4-32(34(40)36-27-9-7-6-8-10-27)37(23-25-11-13-26(35)14-12-25)33(39)24-38(28-15-17-29(18-16-28)43-5-2)45(41,42)31-21-19-30(44-3)20-22-31/h11-22,27,32H,4-10,23-24H2,1-3H3,(H,36,40). The normalized spacial score (nSPS) is 14.4. The Morgan fingerprint density at radius 1 is 0.956 bits per heavy atom. The molecule has 242 valence electrons. The number of carbonyl (C=O) groups excluding carboxylic acids is 2. The summed E-state index contributed by atoms with van der Waals surface area (Å²) in [5, 5.41) is 3.72. The molecule has 0 saturated heterocycles. The van der Waals surface area contributed by atoms with E-state index in [1.165, 1.54) is 16.7 Å². The van der Waals surface area contributed by atoms with E-state index < -0.39 is 28.5 Å². The largest absolute Gasteiger partial charge is 0.494 e. The van der Waals surface area contributed by atoms with Crippen LogP contribution in [0.15, 0.2) is 82.6 Å². The topological polar surface area (TPSA) is 96.0 Å². The fourth-order valence-corrected chi connectivity index (χ4v) is 7.48. The summed E-state index contributed by atoms with van der Waals surface area (Å²) in [4.78, 5) is 30.5. The highest BCUT2D eigenvalue weighted by atomic mass is 35.5. The van der Waals surface area contributed by atoms with E-state index in [9.17, 15) is 18.0 Å². The third kappa shape index (κ3) is 9.17. The number of ether oxygens (including phenoxy) is 1. The summed E-state index contributed by atoms with van der Waals surface area (Å²) in [6, 6.07) is 19.6. The van der Waals surface area contributed by atoms with Gasteiger partial charge in [0, 0.05) is 22.5 Å². The molecule has 1 unspecified atom stereocenters. The quantitative estimate of drug-likeness (QED) is 0.187. The van der Waals surface area contributed by atoms with Crippen LogP contribution in [-0.2, 0) is 26.2 Å². The van der Waals surface area contributed by atoms with E-state index >= 15 is 0 Å². The molecule has 2 amide bonds. The molecular formula is C34H42ClN3O5S2. The molecule has 1 aliphatic rings. The molecule has 0 radical (unpaired) electrons. The number of anilines is 1. The van der Waals surface area contributed by atoms with Crippen molar-refractivity contribution in [1.29, 1.82) is 0 Å². The van der Waals surface area contributed by atoms with Gasteiger partial charge in [0.25, 0.3) is 10.0 Å². The molecule has 1 fully saturated rings. The van der Waals surface area contributed by atoms with Crippen LogP contribution in [0, 0.1) is 0 Å². The van der Waals surface area contributed by atoms with E-state index in [1.807, 2.05) is 32.2 Å². The van der Waals surface area contributed by atoms with Crippen LogP contribution in [0.3, 0.4) is 0 Å². The summed E-state index contributed by atoms with van der Waals surface area (Å²) in [6.45, 7) is 3.81. The van der Waals surface area contributed by atoms with Gasteiger partial charge in [-0.3, -0.25) is 13.9 Å². The fraction of sp³-hybridized carbons (Fsp3) is 0.412. The number of rotatable bonds is 14. The molecule has 1 aliphatic carbocycles. The predicted molar refractivity (Wildman–Crippen MR) is 181 cm³/mol. The highest BCUT2D eigenvalue weighted by Gasteiger charge is 2.34. The van der Waals surface area contributed by atoms with Gasteiger partial charge in [-0.1, -0.05) is 49.9 Å². The molecule has 3 aromatic carbocycles. The lowest BCUT2D eigenvalue weighted by molar-refractivity contribution is -0.140. The van der Waals surface area contributed by atoms with Crippen LogP contribution < -0.4 is 14.4 Å². The number of halogens is 1. The van der Waals surface area contributed by atoms with Crippen molar-refractivity contribution in [3.05, 3.63) is 83.4 Å². The molecular weight excluding hydrogens is 630 g/mol. The third-order valence-electron chi connectivity index (χ3n) is 7.97. The Bertz CT molecular complexity index is 1510. The molecule has 0 heterocycles. The first-order chi connectivity index (χ1) is 21.7. The van der Waals surface area contributed by atoms with Crippen molar-refractivity contribution in [2.24, 2.45) is 0 Å². The third-order valence-corrected chi connectivity index (χ3v) is 10.7. The average Bonchev–Trinajstić information content (AvgIpc) is 3.05. The number of thioether (sulfide) groups is 1. The Morgan fingerprint density at radius 2 is 1.60 bits per heavy atom. The molecule has 4 rings (SSSR count). The van der Waals surface area contributed by atoms with Crippen molar-refractivity contribution >= 4 is 50.9 Å². The second-order valence-corrected chi connectivity index (χ2v) is 14.2. The summed E-state index contributed by atoms with van der Waals surface area (Å²) < 4.78 is 35.0. The van der Waals surface area contributed by atoms with E-state index in [-0.39, 0.29) is 23.4 Å². The number of amides is 2. The maximum Gasteiger partial charge on any atom is 0.264 e. The van der Waals surface area contributed by atoms with E-state index in [1.54, 1.807) is 60.7 Å². The minimum atomic E-state index is -4.17. The molecule has 3 aromatic rings. The van der Waals surface area contributed by atoms with Crippen LogP contribution in [0.5, 0.6) is 5.75 Å². The SMILES string of the molecule is CCOc1ccc(N(CC(=O)N(Cc2ccc(Cl)cc2)C(CC)C(=O)NC2CCCCC2)S(=O)(=O)c2ccc(SC)cc2)cc1. The highest BCUT2D eigenvalue weighted by molar-refractivity contribution is 7.98. The number of nitrogens with one attached hydrogen (secondary N) is 1. The molecule has 0 aliphatic heterocycles. The smallest absolute Gasteiger partial charge is 0.264 e. The molecule has 0 aromatic heterocycles. The number of sulfonamides is 1. The number of nitrogens with zero attached hydrogens (tertiary/aromatic N) is 2. The second-order valence-electron chi connectivity index (χ2n) is 11.0. The molecule has 1 N–H and O–H groups in total. The van der Waals surface area contributed by atoms with Gasteiger partial charge >= 0.3 is 0 Å². The van der Waals surface area contributed by atoms with Gasteiger partial charge in [-0.05, 0) is 98.7 Å². The molecule has 45 heavy (non-hydrogen) atoms. The lowest BCUT2D eigenvalue weighted by Crippen LogP contribution is -2.54. The number of carbonyl (C=O) groups is 2. The Hall–Kier alpha value is -3.21. The van der Waals surface area contributed by atoms with Crippen molar-refractivity contribution in [3.8, 4) is 5.75 Å². The number of benzene rings is 3. The van der Waals surface area contributed by atoms with Crippen molar-refractivity contribution in [3.63, 3.8) is 0 Å². The first kappa shape index (κ1) is 34.7. The van der Waals surface area contributed by atoms with E-state index in [2.05, 4.69) is 5.32 Å². The monoisotopic (exact) mass is 671 g/mol. The van der Waals surface area contributed by atoms with Gasteiger partial charge in [0.05, 0.1) is 17.2 Å². The van der Waals surface area contributed by atoms with Crippen LogP contribution >= 0.6 is 23.4 Å². The fourth-order valence-electron chi connectivity index (χ4n) is 5.53. The summed E-state index contributed by atoms with van der Waals surface area (Å²) in [7, 11) is -4.17. The van der Waals surface area contributed by atoms with Crippen LogP contribution in [0.2, 0.25) is 5.02 Å². The Morgan fingerprint density at radius 3 is 2.18 bits per heavy atom. The maximum absolute atomic E-state index is 14.3. The van der Waals surface area contributed by atoms with Crippen molar-refractivity contribution in [2.45, 2.75) is 80.8 Å². The summed E-state index contributed by atoms with van der Waals surface area (Å²) in [5.41, 5.74) is 1.09. The molecule has 1 saturated carbocycles. The molecule has 1 atom stereocenters. The number of hydrogen-bond donors (Lipinski definition) is 1. The zero-order chi connectivity index (χ0) is 32.4. The Kier molecular flexibility index (Phi) is 12.6. The zero-order valence-corrected chi connectivity index (χ0v) is 28.5. The van der Waals surface area contributed by atoms with E-state index in [0.717, 1.165) is 46.9 Å². The molecule has 8 nitrogen and oxygen atoms in total. The Balaban J connectivity index is 1.70. The van der Waals surface area contributed by atoms with Gasteiger partial charge in [-0.2, -0.15) is 0 Å². The van der Waals surface area contributed by atoms with Gasteiger partial charge in [0.2, 0.25) is 11.8 Å². The minimum absolute atomic E-state index is 0.0633. The Labute approximate surface area is 276 Å². The van der Waals surface area contributed by atoms with Crippen molar-refractivity contribution in [2.75, 3.05) is 23.7 Å². The van der Waals surface area contributed by atoms with Crippen LogP contribution in [0.1, 0.15) is 57.9 Å². The first-order valence-electron chi connectivity index (χ1n) is 15.4. The lowest BCUT2D eigenvalue weighted by Gasteiger charge is -2.34. The molecule has 11 heteroatoms. The zero-order valence-electron chi connectivity index (χ0n) is 26.1. The van der Waals surface area contributed by atoms with Crippen molar-refractivity contribution in [1.82, 2.24) is 10.2 Å². The summed E-state index contributed by atoms with van der Waals surface area (Å²) in [5.74, 6) is -0.132. The highest BCUT2D eigenvalue weighted by Crippen LogP contribution is 2.28. The second kappa shape index (κ2) is 16.4. The maximum atomic E-state index is 14.3. The molecule has 0 bridgehead atoms. The number of hydrogen-bond acceptors (Lipinski definition) is 6. The van der Waals surface area contributed by atoms with E-state index in [0.29, 0.717) is 29.5 Å². The average molecular weight is 672 g/mol. The lowest BCUT2D eigenvalue weighted by atomic mass is 9.95. The van der Waals surface area contributed by atoms with Gasteiger partial charge in [-0.15, -0.1) is 11.8 Å². The van der Waals surface area contributed by atoms with Crippen LogP contribution in [0.25, 0.3) is 0 Å². The van der Waals surface area contributed by atoms with Gasteiger partial charge < -0.3 is 15.0 Å². The predicted octanol–water partition coefficient (Wildman–Crippen LogP) is 6.91. The minimum Gasteiger partial charge on any atom is -0.494 e. The first-order valence-corrected chi connectivity index (χ1v) is 18.4. The van der Waals surface area contributed by atoms with Gasteiger partial charge in [-0.25, -0.2) is 8.42 Å². The van der Waals surface area contributed by atoms with Gasteiger partial charge in [0.1, 0.15) is 18.3 Å². The van der Waals surface area contributed by atoms with Crippen LogP contribution in [-0.4, -0.2) is 56.6 Å². The van der Waals surface area contributed by atoms with Gasteiger partial charge in [0.15, 0.2) is 0 Å². The van der Waals surface area contributed by atoms with Crippen molar-refractivity contribution < 1.29 is 22.7 Å². The summed E-state index contributed by atoms with van der Waals surface area (Å²) in [6.07, 6.45) is 7.37. The summed E-state index contributed by atoms with van der Waals surface area (Å²) >= 11 is 7.63. The molecule has 0 spiro atoms.